The third-order valence-corrected chi connectivity index (χ3v) is 2.82. The van der Waals surface area contributed by atoms with Gasteiger partial charge >= 0.3 is 0 Å². The van der Waals surface area contributed by atoms with Crippen molar-refractivity contribution in [3.05, 3.63) is 30.0 Å². The molecule has 4 nitrogen and oxygen atoms in total. The maximum absolute atomic E-state index is 5.90. The summed E-state index contributed by atoms with van der Waals surface area (Å²) in [5.41, 5.74) is 9.07. The van der Waals surface area contributed by atoms with Crippen LogP contribution in [-0.2, 0) is 13.5 Å². The topological polar surface area (TPSA) is 53.1 Å². The van der Waals surface area contributed by atoms with Crippen molar-refractivity contribution in [3.8, 4) is 16.9 Å². The highest BCUT2D eigenvalue weighted by Crippen LogP contribution is 2.33. The van der Waals surface area contributed by atoms with Gasteiger partial charge in [0.25, 0.3) is 0 Å². The summed E-state index contributed by atoms with van der Waals surface area (Å²) in [5.74, 6) is 1.35. The molecule has 1 heterocycles. The van der Waals surface area contributed by atoms with E-state index in [0.29, 0.717) is 5.82 Å². The lowest BCUT2D eigenvalue weighted by Gasteiger charge is -2.09. The number of benzene rings is 1. The van der Waals surface area contributed by atoms with Crippen LogP contribution in [0.25, 0.3) is 11.1 Å². The van der Waals surface area contributed by atoms with Crippen molar-refractivity contribution in [1.29, 1.82) is 0 Å². The van der Waals surface area contributed by atoms with Crippen molar-refractivity contribution in [2.75, 3.05) is 12.8 Å². The average Bonchev–Trinajstić information content (AvgIpc) is 2.67. The SMILES string of the molecule is CCc1ccc(OC)c(-c2cn(C)nc2N)c1. The van der Waals surface area contributed by atoms with E-state index in [4.69, 9.17) is 10.5 Å². The summed E-state index contributed by atoms with van der Waals surface area (Å²) < 4.78 is 7.08. The van der Waals surface area contributed by atoms with Gasteiger partial charge in [-0.25, -0.2) is 0 Å². The van der Waals surface area contributed by atoms with Gasteiger partial charge in [0.1, 0.15) is 5.75 Å². The van der Waals surface area contributed by atoms with E-state index in [1.54, 1.807) is 11.8 Å². The first-order valence-corrected chi connectivity index (χ1v) is 5.62. The predicted molar refractivity (Wildman–Crippen MR) is 69.0 cm³/mol. The van der Waals surface area contributed by atoms with Crippen LogP contribution in [0.15, 0.2) is 24.4 Å². The van der Waals surface area contributed by atoms with Gasteiger partial charge in [-0.1, -0.05) is 13.0 Å². The Bertz CT molecular complexity index is 531. The average molecular weight is 231 g/mol. The van der Waals surface area contributed by atoms with Crippen molar-refractivity contribution >= 4 is 5.82 Å². The highest BCUT2D eigenvalue weighted by molar-refractivity contribution is 5.78. The molecule has 1 aromatic heterocycles. The number of nitrogens with zero attached hydrogens (tertiary/aromatic N) is 2. The molecule has 0 aliphatic heterocycles. The van der Waals surface area contributed by atoms with Gasteiger partial charge in [-0.2, -0.15) is 5.10 Å². The van der Waals surface area contributed by atoms with Gasteiger partial charge in [0.2, 0.25) is 0 Å². The summed E-state index contributed by atoms with van der Waals surface area (Å²) in [6.07, 6.45) is 2.89. The third kappa shape index (κ3) is 2.11. The van der Waals surface area contributed by atoms with Crippen molar-refractivity contribution < 1.29 is 4.74 Å². The highest BCUT2D eigenvalue weighted by Gasteiger charge is 2.12. The maximum atomic E-state index is 5.90. The Morgan fingerprint density at radius 3 is 2.65 bits per heavy atom. The van der Waals surface area contributed by atoms with Crippen LogP contribution < -0.4 is 10.5 Å². The molecule has 2 rings (SSSR count). The van der Waals surface area contributed by atoms with Gasteiger partial charge in [-0.3, -0.25) is 4.68 Å². The normalized spacial score (nSPS) is 10.5. The first-order valence-electron chi connectivity index (χ1n) is 5.62. The van der Waals surface area contributed by atoms with Crippen LogP contribution in [0.2, 0.25) is 0 Å². The van der Waals surface area contributed by atoms with Crippen molar-refractivity contribution in [2.24, 2.45) is 7.05 Å². The van der Waals surface area contributed by atoms with E-state index in [-0.39, 0.29) is 0 Å². The standard InChI is InChI=1S/C13H17N3O/c1-4-9-5-6-12(17-3)10(7-9)11-8-16(2)15-13(11)14/h5-8H,4H2,1-3H3,(H2,14,15). The van der Waals surface area contributed by atoms with Crippen molar-refractivity contribution in [1.82, 2.24) is 9.78 Å². The smallest absolute Gasteiger partial charge is 0.153 e. The molecule has 90 valence electrons. The second kappa shape index (κ2) is 4.49. The van der Waals surface area contributed by atoms with Gasteiger partial charge < -0.3 is 10.5 Å². The highest BCUT2D eigenvalue weighted by atomic mass is 16.5. The van der Waals surface area contributed by atoms with Crippen LogP contribution in [-0.4, -0.2) is 16.9 Å². The summed E-state index contributed by atoms with van der Waals surface area (Å²) in [6, 6.07) is 6.14. The number of ether oxygens (including phenoxy) is 1. The van der Waals surface area contributed by atoms with Crippen LogP contribution in [0, 0.1) is 0 Å². The first-order chi connectivity index (χ1) is 8.15. The molecule has 2 N–H and O–H groups in total. The maximum Gasteiger partial charge on any atom is 0.153 e. The number of rotatable bonds is 3. The molecule has 0 unspecified atom stereocenters. The largest absolute Gasteiger partial charge is 0.496 e. The summed E-state index contributed by atoms with van der Waals surface area (Å²) in [7, 11) is 3.52. The van der Waals surface area contributed by atoms with Crippen LogP contribution in [0.3, 0.4) is 0 Å². The molecule has 1 aromatic carbocycles. The molecule has 0 spiro atoms. The third-order valence-electron chi connectivity index (χ3n) is 2.82. The lowest BCUT2D eigenvalue weighted by atomic mass is 10.0. The minimum Gasteiger partial charge on any atom is -0.496 e. The lowest BCUT2D eigenvalue weighted by Crippen LogP contribution is -1.93. The summed E-state index contributed by atoms with van der Waals surface area (Å²) in [4.78, 5) is 0. The Morgan fingerprint density at radius 2 is 2.12 bits per heavy atom. The van der Waals surface area contributed by atoms with Crippen LogP contribution in [0.4, 0.5) is 5.82 Å². The molecule has 4 heteroatoms. The summed E-state index contributed by atoms with van der Waals surface area (Å²) in [5, 5.41) is 4.16. The molecule has 0 fully saturated rings. The van der Waals surface area contributed by atoms with Crippen LogP contribution in [0.5, 0.6) is 5.75 Å². The molecular weight excluding hydrogens is 214 g/mol. The fourth-order valence-corrected chi connectivity index (χ4v) is 1.90. The molecule has 0 aliphatic rings. The quantitative estimate of drug-likeness (QED) is 0.881. The molecule has 17 heavy (non-hydrogen) atoms. The monoisotopic (exact) mass is 231 g/mol. The number of nitrogen functional groups attached to an aromatic ring is 1. The van der Waals surface area contributed by atoms with E-state index < -0.39 is 0 Å². The van der Waals surface area contributed by atoms with Gasteiger partial charge in [0, 0.05) is 24.4 Å². The zero-order valence-corrected chi connectivity index (χ0v) is 10.4. The fourth-order valence-electron chi connectivity index (χ4n) is 1.90. The predicted octanol–water partition coefficient (Wildman–Crippen LogP) is 2.24. The van der Waals surface area contributed by atoms with Crippen LogP contribution >= 0.6 is 0 Å². The Balaban J connectivity index is 2.59. The van der Waals surface area contributed by atoms with E-state index in [2.05, 4.69) is 24.2 Å². The second-order valence-corrected chi connectivity index (χ2v) is 3.99. The molecule has 0 bridgehead atoms. The Hall–Kier alpha value is -1.97. The molecule has 0 aliphatic carbocycles. The van der Waals surface area contributed by atoms with Crippen molar-refractivity contribution in [3.63, 3.8) is 0 Å². The number of methoxy groups -OCH3 is 1. The second-order valence-electron chi connectivity index (χ2n) is 3.99. The van der Waals surface area contributed by atoms with Crippen molar-refractivity contribution in [2.45, 2.75) is 13.3 Å². The minimum atomic E-state index is 0.527. The number of hydrogen-bond donors (Lipinski definition) is 1. The number of hydrogen-bond acceptors (Lipinski definition) is 3. The number of anilines is 1. The minimum absolute atomic E-state index is 0.527. The van der Waals surface area contributed by atoms with E-state index in [1.807, 2.05) is 19.3 Å². The van der Waals surface area contributed by atoms with Gasteiger partial charge in [-0.05, 0) is 24.1 Å². The fraction of sp³-hybridized carbons (Fsp3) is 0.308. The van der Waals surface area contributed by atoms with Gasteiger partial charge in [0.05, 0.1) is 7.11 Å². The van der Waals surface area contributed by atoms with E-state index in [1.165, 1.54) is 5.56 Å². The summed E-state index contributed by atoms with van der Waals surface area (Å²) >= 11 is 0. The number of aromatic nitrogens is 2. The zero-order valence-electron chi connectivity index (χ0n) is 10.4. The number of nitrogens with two attached hydrogens (primary N) is 1. The Labute approximate surface area is 101 Å². The first kappa shape index (κ1) is 11.5. The van der Waals surface area contributed by atoms with Gasteiger partial charge in [-0.15, -0.1) is 0 Å². The lowest BCUT2D eigenvalue weighted by molar-refractivity contribution is 0.416. The Morgan fingerprint density at radius 1 is 1.35 bits per heavy atom. The van der Waals surface area contributed by atoms with Gasteiger partial charge in [0.15, 0.2) is 5.82 Å². The van der Waals surface area contributed by atoms with Crippen LogP contribution in [0.1, 0.15) is 12.5 Å². The molecule has 0 saturated carbocycles. The molecule has 0 amide bonds. The molecule has 0 saturated heterocycles. The molecule has 0 radical (unpaired) electrons. The molecular formula is C13H17N3O. The number of aryl methyl sites for hydroxylation is 2. The zero-order chi connectivity index (χ0) is 12.4. The van der Waals surface area contributed by atoms with E-state index >= 15 is 0 Å². The molecule has 2 aromatic rings. The Kier molecular flexibility index (Phi) is 3.04. The van der Waals surface area contributed by atoms with E-state index in [9.17, 15) is 0 Å². The summed E-state index contributed by atoms with van der Waals surface area (Å²) in [6.45, 7) is 2.12. The molecule has 0 atom stereocenters. The van der Waals surface area contributed by atoms with E-state index in [0.717, 1.165) is 23.3 Å².